The van der Waals surface area contributed by atoms with Crippen LogP contribution in [0.2, 0.25) is 36.3 Å². The summed E-state index contributed by atoms with van der Waals surface area (Å²) in [7, 11) is -3.99. The number of hydrogen-bond acceptors (Lipinski definition) is 3. The van der Waals surface area contributed by atoms with Crippen molar-refractivity contribution < 1.29 is 14.0 Å². The lowest BCUT2D eigenvalue weighted by Crippen LogP contribution is -2.66. The summed E-state index contributed by atoms with van der Waals surface area (Å²) in [6.07, 6.45) is 8.30. The number of fused-ring (bicyclic) bond motifs is 3. The maximum absolute atomic E-state index is 11.9. The summed E-state index contributed by atoms with van der Waals surface area (Å²) >= 11 is 0. The first-order valence-electron chi connectivity index (χ1n) is 14.7. The van der Waals surface area contributed by atoms with Gasteiger partial charge in [-0.1, -0.05) is 73.8 Å². The molecule has 2 fully saturated rings. The van der Waals surface area contributed by atoms with Gasteiger partial charge in [0.15, 0.2) is 8.32 Å². The van der Waals surface area contributed by atoms with Crippen molar-refractivity contribution in [1.82, 2.24) is 0 Å². The molecule has 3 aliphatic rings. The highest BCUT2D eigenvalue weighted by Gasteiger charge is 2.63. The van der Waals surface area contributed by atoms with Crippen LogP contribution >= 0.6 is 0 Å². The van der Waals surface area contributed by atoms with Gasteiger partial charge in [-0.05, 0) is 86.8 Å². The Morgan fingerprint density at radius 1 is 0.886 bits per heavy atom. The van der Waals surface area contributed by atoms with Gasteiger partial charge < -0.3 is 14.0 Å². The number of rotatable bonds is 7. The maximum atomic E-state index is 11.9. The SMILES string of the molecule is CC1=C2[C@@H](O)C[C@@H]3CCCC[C@@]3(O[Si](C(C)C)(C(C)C)C(C)C)C[C@](O[Si](C)(C)C)(CC1)C2(C)C. The highest BCUT2D eigenvalue weighted by molar-refractivity contribution is 6.77. The molecule has 0 unspecified atom stereocenters. The quantitative estimate of drug-likeness (QED) is 0.268. The van der Waals surface area contributed by atoms with E-state index in [1.54, 1.807) is 0 Å². The Labute approximate surface area is 220 Å². The molecular formula is C30H58O3Si2. The van der Waals surface area contributed by atoms with Crippen molar-refractivity contribution in [3.63, 3.8) is 0 Å². The van der Waals surface area contributed by atoms with E-state index in [0.29, 0.717) is 22.5 Å². The standard InChI is InChI=1S/C30H58O3Si2/c1-21(2)35(22(3)4,23(5)6)32-29-17-14-13-15-25(29)19-26(31)27-24(7)16-18-30(20-29,28(27,8)9)33-34(10,11)12/h21-23,25-26,31H,13-20H2,1-12H3/t25-,26-,29+,30+/m0/s1. The second-order valence-electron chi connectivity index (χ2n) is 14.9. The molecule has 0 amide bonds. The highest BCUT2D eigenvalue weighted by atomic mass is 28.4. The van der Waals surface area contributed by atoms with Crippen LogP contribution in [0.4, 0.5) is 0 Å². The summed E-state index contributed by atoms with van der Waals surface area (Å²) in [6, 6.07) is 0. The van der Waals surface area contributed by atoms with Gasteiger partial charge in [0.1, 0.15) is 0 Å². The minimum atomic E-state index is -2.12. The third-order valence-electron chi connectivity index (χ3n) is 10.3. The topological polar surface area (TPSA) is 38.7 Å². The van der Waals surface area contributed by atoms with Gasteiger partial charge in [0.25, 0.3) is 0 Å². The zero-order chi connectivity index (χ0) is 26.6. The molecule has 3 rings (SSSR count). The molecule has 1 N–H and O–H groups in total. The van der Waals surface area contributed by atoms with Gasteiger partial charge in [0.05, 0.1) is 17.3 Å². The second-order valence-corrected chi connectivity index (χ2v) is 24.7. The normalized spacial score (nSPS) is 34.3. The monoisotopic (exact) mass is 522 g/mol. The van der Waals surface area contributed by atoms with Gasteiger partial charge in [0.2, 0.25) is 8.32 Å². The molecule has 0 heterocycles. The molecule has 2 saturated carbocycles. The van der Waals surface area contributed by atoms with Crippen LogP contribution in [0.1, 0.15) is 114 Å². The van der Waals surface area contributed by atoms with Crippen LogP contribution in [-0.4, -0.2) is 39.0 Å². The number of allylic oxidation sites excluding steroid dienone is 1. The molecule has 204 valence electrons. The van der Waals surface area contributed by atoms with Crippen molar-refractivity contribution in [3.8, 4) is 0 Å². The Bertz CT molecular complexity index is 772. The summed E-state index contributed by atoms with van der Waals surface area (Å²) in [5, 5.41) is 11.9. The summed E-state index contributed by atoms with van der Waals surface area (Å²) in [5.74, 6) is 0.399. The lowest BCUT2D eigenvalue weighted by molar-refractivity contribution is -0.156. The predicted octanol–water partition coefficient (Wildman–Crippen LogP) is 8.99. The molecule has 0 aromatic carbocycles. The minimum absolute atomic E-state index is 0.196. The number of aliphatic hydroxyl groups is 1. The molecule has 0 radical (unpaired) electrons. The van der Waals surface area contributed by atoms with Gasteiger partial charge in [-0.25, -0.2) is 0 Å². The van der Waals surface area contributed by atoms with Crippen LogP contribution in [0, 0.1) is 11.3 Å². The average Bonchev–Trinajstić information content (AvgIpc) is 2.68. The molecule has 0 aromatic rings. The van der Waals surface area contributed by atoms with E-state index in [1.165, 1.54) is 30.4 Å². The molecule has 4 atom stereocenters. The molecule has 2 bridgehead atoms. The van der Waals surface area contributed by atoms with Crippen LogP contribution in [0.15, 0.2) is 11.1 Å². The van der Waals surface area contributed by atoms with Crippen LogP contribution in [0.3, 0.4) is 0 Å². The molecular weight excluding hydrogens is 464 g/mol. The van der Waals surface area contributed by atoms with E-state index < -0.39 is 22.7 Å². The lowest BCUT2D eigenvalue weighted by atomic mass is 9.53. The Morgan fingerprint density at radius 3 is 1.97 bits per heavy atom. The smallest absolute Gasteiger partial charge is 0.201 e. The Balaban J connectivity index is 2.27. The largest absolute Gasteiger partial charge is 0.411 e. The summed E-state index contributed by atoms with van der Waals surface area (Å²) in [6.45, 7) is 28.6. The van der Waals surface area contributed by atoms with E-state index in [9.17, 15) is 5.11 Å². The average molecular weight is 523 g/mol. The molecule has 3 aliphatic carbocycles. The van der Waals surface area contributed by atoms with Crippen molar-refractivity contribution >= 4 is 16.6 Å². The fourth-order valence-corrected chi connectivity index (χ4v) is 16.4. The van der Waals surface area contributed by atoms with Crippen molar-refractivity contribution in [1.29, 1.82) is 0 Å². The zero-order valence-electron chi connectivity index (χ0n) is 25.3. The maximum Gasteiger partial charge on any atom is 0.201 e. The Morgan fingerprint density at radius 2 is 1.46 bits per heavy atom. The van der Waals surface area contributed by atoms with Gasteiger partial charge in [-0.15, -0.1) is 0 Å². The first-order chi connectivity index (χ1) is 15.9. The Kier molecular flexibility index (Phi) is 8.44. The molecule has 0 spiro atoms. The van der Waals surface area contributed by atoms with Crippen LogP contribution < -0.4 is 0 Å². The third kappa shape index (κ3) is 5.07. The van der Waals surface area contributed by atoms with E-state index in [0.717, 1.165) is 32.1 Å². The van der Waals surface area contributed by atoms with E-state index in [1.807, 2.05) is 0 Å². The van der Waals surface area contributed by atoms with E-state index >= 15 is 0 Å². The number of hydrogen-bond donors (Lipinski definition) is 1. The van der Waals surface area contributed by atoms with Crippen molar-refractivity contribution in [2.45, 2.75) is 167 Å². The van der Waals surface area contributed by atoms with Crippen molar-refractivity contribution in [2.75, 3.05) is 0 Å². The molecule has 35 heavy (non-hydrogen) atoms. The fraction of sp³-hybridized carbons (Fsp3) is 0.933. The summed E-state index contributed by atoms with van der Waals surface area (Å²) in [5.41, 5.74) is 3.66. The van der Waals surface area contributed by atoms with Crippen molar-refractivity contribution in [2.24, 2.45) is 11.3 Å². The fourth-order valence-electron chi connectivity index (χ4n) is 9.02. The lowest BCUT2D eigenvalue weighted by Gasteiger charge is -2.63. The highest BCUT2D eigenvalue weighted by Crippen LogP contribution is 2.62. The van der Waals surface area contributed by atoms with Gasteiger partial charge >= 0.3 is 0 Å². The van der Waals surface area contributed by atoms with Crippen LogP contribution in [0.25, 0.3) is 0 Å². The summed E-state index contributed by atoms with van der Waals surface area (Å²) < 4.78 is 15.3. The predicted molar refractivity (Wildman–Crippen MR) is 155 cm³/mol. The first-order valence-corrected chi connectivity index (χ1v) is 20.3. The zero-order valence-corrected chi connectivity index (χ0v) is 27.3. The summed E-state index contributed by atoms with van der Waals surface area (Å²) in [4.78, 5) is 0. The van der Waals surface area contributed by atoms with Crippen molar-refractivity contribution in [3.05, 3.63) is 11.1 Å². The van der Waals surface area contributed by atoms with Gasteiger partial charge in [-0.2, -0.15) is 0 Å². The molecule has 5 heteroatoms. The molecule has 0 aromatic heterocycles. The second kappa shape index (κ2) is 9.98. The van der Waals surface area contributed by atoms with E-state index in [4.69, 9.17) is 8.85 Å². The molecule has 3 nitrogen and oxygen atoms in total. The van der Waals surface area contributed by atoms with Crippen LogP contribution in [-0.2, 0) is 8.85 Å². The first kappa shape index (κ1) is 29.6. The van der Waals surface area contributed by atoms with E-state index in [2.05, 4.69) is 82.0 Å². The van der Waals surface area contributed by atoms with Crippen LogP contribution in [0.5, 0.6) is 0 Å². The molecule has 0 saturated heterocycles. The minimum Gasteiger partial charge on any atom is -0.411 e. The number of aliphatic hydroxyl groups excluding tert-OH is 1. The van der Waals surface area contributed by atoms with Gasteiger partial charge in [-0.3, -0.25) is 0 Å². The van der Waals surface area contributed by atoms with E-state index in [-0.39, 0.29) is 16.6 Å². The Hall–Kier alpha value is 0.0538. The molecule has 0 aliphatic heterocycles. The van der Waals surface area contributed by atoms with Gasteiger partial charge in [0, 0.05) is 11.8 Å². The third-order valence-corrected chi connectivity index (χ3v) is 17.5.